The molecule has 4 aromatic rings. The summed E-state index contributed by atoms with van der Waals surface area (Å²) in [5.74, 6) is 0.880. The molecule has 4 aliphatic carbocycles. The second-order valence-electron chi connectivity index (χ2n) is 12.4. The first-order valence-electron chi connectivity index (χ1n) is 15.3. The van der Waals surface area contributed by atoms with Gasteiger partial charge < -0.3 is 0 Å². The number of hydrogen-bond donors (Lipinski definition) is 0. The summed E-state index contributed by atoms with van der Waals surface area (Å²) in [5.41, 5.74) is 18.8. The van der Waals surface area contributed by atoms with Crippen molar-refractivity contribution in [2.45, 2.75) is 44.8 Å². The van der Waals surface area contributed by atoms with Gasteiger partial charge in [-0.2, -0.15) is 0 Å². The maximum atomic E-state index is 2.58. The van der Waals surface area contributed by atoms with Crippen molar-refractivity contribution in [2.75, 3.05) is 0 Å². The fourth-order valence-corrected chi connectivity index (χ4v) is 13.6. The molecular weight excluding hydrogens is 572 g/mol. The summed E-state index contributed by atoms with van der Waals surface area (Å²) in [4.78, 5) is 0. The topological polar surface area (TPSA) is 0 Å². The van der Waals surface area contributed by atoms with E-state index >= 15 is 0 Å². The van der Waals surface area contributed by atoms with Crippen LogP contribution in [0.5, 0.6) is 0 Å². The molecule has 0 saturated carbocycles. The van der Waals surface area contributed by atoms with Crippen LogP contribution in [-0.2, 0) is 23.2 Å². The zero-order chi connectivity index (χ0) is 26.9. The average molecular weight is 604 g/mol. The van der Waals surface area contributed by atoms with E-state index in [4.69, 9.17) is 0 Å². The Morgan fingerprint density at radius 2 is 0.683 bits per heavy atom. The monoisotopic (exact) mass is 602 g/mol. The van der Waals surface area contributed by atoms with Crippen LogP contribution in [0.25, 0.3) is 24.3 Å². The van der Waals surface area contributed by atoms with Gasteiger partial charge in [-0.3, -0.25) is 0 Å². The van der Waals surface area contributed by atoms with Crippen molar-refractivity contribution in [1.82, 2.24) is 0 Å². The van der Waals surface area contributed by atoms with Crippen LogP contribution in [0.15, 0.2) is 119 Å². The Hall–Kier alpha value is -3.28. The van der Waals surface area contributed by atoms with Crippen LogP contribution in [0.2, 0.25) is 0 Å². The molecule has 4 atom stereocenters. The summed E-state index contributed by atoms with van der Waals surface area (Å²) in [5, 5.41) is 0. The van der Waals surface area contributed by atoms with Gasteiger partial charge in [-0.05, 0) is 0 Å². The van der Waals surface area contributed by atoms with Crippen molar-refractivity contribution < 1.29 is 23.2 Å². The van der Waals surface area contributed by atoms with Gasteiger partial charge in [0.1, 0.15) is 0 Å². The van der Waals surface area contributed by atoms with Crippen molar-refractivity contribution in [3.63, 3.8) is 0 Å². The van der Waals surface area contributed by atoms with Crippen LogP contribution in [0.1, 0.15) is 89.3 Å². The van der Waals surface area contributed by atoms with E-state index in [2.05, 4.69) is 121 Å². The van der Waals surface area contributed by atoms with Gasteiger partial charge in [0.25, 0.3) is 0 Å². The van der Waals surface area contributed by atoms with Gasteiger partial charge >= 0.3 is 256 Å². The molecule has 5 aliphatic rings. The first kappa shape index (κ1) is 24.3. The standard InChI is InChI=1S/C40H32.Zr/c1-2-10-30-22-27(21-29(30)9-1)17-19-35-25-33-13-5-7-15-37(33)39(35)40-36(26-34-14-6-8-16-38(34)40)20-18-28-23-31-11-3-4-12-32(31)24-28;/h1-16,21-26,39-40H,17-20H2;. The van der Waals surface area contributed by atoms with Crippen LogP contribution >= 0.6 is 0 Å². The molecule has 0 bridgehead atoms. The number of hydrogen-bond acceptors (Lipinski definition) is 0. The molecular formula is C40H32Zr. The second-order valence-corrected chi connectivity index (χ2v) is 16.0. The van der Waals surface area contributed by atoms with Crippen molar-refractivity contribution in [1.29, 1.82) is 0 Å². The van der Waals surface area contributed by atoms with Gasteiger partial charge in [-0.15, -0.1) is 0 Å². The van der Waals surface area contributed by atoms with E-state index in [1.54, 1.807) is 33.4 Å². The van der Waals surface area contributed by atoms with Gasteiger partial charge in [0.15, 0.2) is 0 Å². The summed E-state index contributed by atoms with van der Waals surface area (Å²) in [6.07, 6.45) is 15.0. The summed E-state index contributed by atoms with van der Waals surface area (Å²) in [7, 11) is 0. The molecule has 0 spiro atoms. The fourth-order valence-electron chi connectivity index (χ4n) is 8.42. The molecule has 0 nitrogen and oxygen atoms in total. The van der Waals surface area contributed by atoms with Crippen LogP contribution in [0.4, 0.5) is 0 Å². The van der Waals surface area contributed by atoms with Crippen LogP contribution in [-0.4, -0.2) is 0 Å². The second kappa shape index (κ2) is 9.64. The molecule has 0 amide bonds. The number of allylic oxidation sites excluding steroid dienone is 4. The van der Waals surface area contributed by atoms with Crippen molar-refractivity contribution in [3.8, 4) is 0 Å². The summed E-state index contributed by atoms with van der Waals surface area (Å²) in [6.45, 7) is 0. The number of benzene rings is 4. The predicted octanol–water partition coefficient (Wildman–Crippen LogP) is 10.3. The molecule has 1 fully saturated rings. The maximum absolute atomic E-state index is 2.58. The Bertz CT molecular complexity index is 1710. The fraction of sp³-hybridized carbons (Fsp3) is 0.200. The third kappa shape index (κ3) is 3.89. The van der Waals surface area contributed by atoms with Gasteiger partial charge in [-0.25, -0.2) is 0 Å². The minimum absolute atomic E-state index is 0.440. The molecule has 0 N–H and O–H groups in total. The Kier molecular flexibility index (Phi) is 5.72. The van der Waals surface area contributed by atoms with Gasteiger partial charge in [0.2, 0.25) is 0 Å². The number of rotatable bonds is 0. The first-order valence-corrected chi connectivity index (χ1v) is 18.1. The van der Waals surface area contributed by atoms with E-state index < -0.39 is 23.2 Å². The zero-order valence-electron chi connectivity index (χ0n) is 23.2. The van der Waals surface area contributed by atoms with Crippen LogP contribution in [0.3, 0.4) is 0 Å². The average Bonchev–Trinajstić information content (AvgIpc) is 3.75. The Balaban J connectivity index is 1.19. The van der Waals surface area contributed by atoms with Gasteiger partial charge in [-0.1, -0.05) is 0 Å². The van der Waals surface area contributed by atoms with Crippen molar-refractivity contribution in [2.24, 2.45) is 0 Å². The van der Waals surface area contributed by atoms with E-state index in [9.17, 15) is 0 Å². The van der Waals surface area contributed by atoms with E-state index in [0.717, 1.165) is 12.8 Å². The van der Waals surface area contributed by atoms with Crippen LogP contribution < -0.4 is 0 Å². The van der Waals surface area contributed by atoms with Crippen molar-refractivity contribution >= 4 is 24.3 Å². The SMILES string of the molecule is C1=C2CCC3=Cc4ccccc4C3C3C(=Cc4ccccc43)CCC3=Cc4ccccc4[CH]3[Zr][CH]2c2ccccc21. The van der Waals surface area contributed by atoms with Gasteiger partial charge in [0.05, 0.1) is 0 Å². The first-order chi connectivity index (χ1) is 20.3. The Labute approximate surface area is 254 Å². The Morgan fingerprint density at radius 1 is 0.366 bits per heavy atom. The molecule has 0 aromatic heterocycles. The molecule has 9 rings (SSSR count). The minimum atomic E-state index is -0.882. The molecule has 196 valence electrons. The molecule has 1 heterocycles. The molecule has 4 aromatic carbocycles. The molecule has 4 unspecified atom stereocenters. The predicted molar refractivity (Wildman–Crippen MR) is 167 cm³/mol. The van der Waals surface area contributed by atoms with Crippen LogP contribution in [0, 0.1) is 0 Å². The van der Waals surface area contributed by atoms with E-state index in [1.807, 2.05) is 0 Å². The van der Waals surface area contributed by atoms with E-state index in [0.29, 0.717) is 19.1 Å². The van der Waals surface area contributed by atoms with E-state index in [-0.39, 0.29) is 0 Å². The van der Waals surface area contributed by atoms with Gasteiger partial charge in [0, 0.05) is 0 Å². The normalized spacial score (nSPS) is 25.0. The molecule has 0 radical (unpaired) electrons. The molecule has 41 heavy (non-hydrogen) atoms. The number of fused-ring (bicyclic) bond motifs is 13. The molecule has 1 aliphatic heterocycles. The molecule has 1 saturated heterocycles. The van der Waals surface area contributed by atoms with Crippen molar-refractivity contribution in [3.05, 3.63) is 164 Å². The summed E-state index contributed by atoms with van der Waals surface area (Å²) >= 11 is -0.882. The molecule has 1 heteroatoms. The zero-order valence-corrected chi connectivity index (χ0v) is 25.6. The summed E-state index contributed by atoms with van der Waals surface area (Å²) < 4.78 is 1.33. The third-order valence-corrected chi connectivity index (χ3v) is 15.2. The third-order valence-electron chi connectivity index (χ3n) is 10.3. The van der Waals surface area contributed by atoms with E-state index in [1.165, 1.54) is 46.2 Å². The quantitative estimate of drug-likeness (QED) is 0.188. The summed E-state index contributed by atoms with van der Waals surface area (Å²) in [6, 6.07) is 37.0. The Morgan fingerprint density at radius 3 is 1.12 bits per heavy atom.